The summed E-state index contributed by atoms with van der Waals surface area (Å²) in [6.45, 7) is 1.94. The number of carbonyl (C=O) groups is 2. The third-order valence-corrected chi connectivity index (χ3v) is 4.31. The van der Waals surface area contributed by atoms with Crippen LogP contribution in [0, 0.1) is 6.92 Å². The second kappa shape index (κ2) is 6.81. The van der Waals surface area contributed by atoms with Gasteiger partial charge in [0.25, 0.3) is 0 Å². The van der Waals surface area contributed by atoms with Crippen molar-refractivity contribution in [2.75, 3.05) is 14.2 Å². The van der Waals surface area contributed by atoms with Crippen LogP contribution in [0.4, 0.5) is 0 Å². The van der Waals surface area contributed by atoms with E-state index in [1.54, 1.807) is 7.11 Å². The van der Waals surface area contributed by atoms with Crippen LogP contribution >= 0.6 is 0 Å². The summed E-state index contributed by atoms with van der Waals surface area (Å²) in [6.07, 6.45) is 3.39. The van der Waals surface area contributed by atoms with Gasteiger partial charge in [-0.05, 0) is 43.0 Å². The molecule has 5 heteroatoms. The molecule has 1 saturated carbocycles. The van der Waals surface area contributed by atoms with E-state index in [0.29, 0.717) is 12.8 Å². The largest absolute Gasteiger partial charge is 0.497 e. The first-order chi connectivity index (χ1) is 10.5. The average Bonchev–Trinajstić information content (AvgIpc) is 2.98. The Hall–Kier alpha value is -2.04. The van der Waals surface area contributed by atoms with Crippen molar-refractivity contribution in [2.24, 2.45) is 0 Å². The lowest BCUT2D eigenvalue weighted by Crippen LogP contribution is -2.53. The molecule has 0 atom stereocenters. The van der Waals surface area contributed by atoms with E-state index in [1.165, 1.54) is 7.11 Å². The van der Waals surface area contributed by atoms with Crippen LogP contribution in [0.5, 0.6) is 5.75 Å². The molecular weight excluding hydrogens is 282 g/mol. The van der Waals surface area contributed by atoms with Gasteiger partial charge >= 0.3 is 5.97 Å². The quantitative estimate of drug-likeness (QED) is 0.847. The average molecular weight is 305 g/mol. The standard InChI is InChI=1S/C17H23NO4/c1-12-10-14(21-2)7-6-13(12)11-15(19)18-17(16(20)22-3)8-4-5-9-17/h6-7,10H,4-5,8-9,11H2,1-3H3,(H,18,19). The first-order valence-electron chi connectivity index (χ1n) is 7.54. The Bertz CT molecular complexity index is 562. The Morgan fingerprint density at radius 1 is 1.23 bits per heavy atom. The number of rotatable bonds is 5. The minimum atomic E-state index is -0.841. The molecule has 0 heterocycles. The number of aryl methyl sites for hydroxylation is 1. The van der Waals surface area contributed by atoms with Gasteiger partial charge in [0, 0.05) is 0 Å². The predicted molar refractivity (Wildman–Crippen MR) is 82.8 cm³/mol. The molecule has 120 valence electrons. The number of carbonyl (C=O) groups excluding carboxylic acids is 2. The Kier molecular flexibility index (Phi) is 5.06. The highest BCUT2D eigenvalue weighted by Gasteiger charge is 2.43. The van der Waals surface area contributed by atoms with E-state index in [1.807, 2.05) is 25.1 Å². The Balaban J connectivity index is 2.07. The number of esters is 1. The van der Waals surface area contributed by atoms with Crippen LogP contribution in [0.25, 0.3) is 0 Å². The van der Waals surface area contributed by atoms with Gasteiger partial charge in [-0.2, -0.15) is 0 Å². The summed E-state index contributed by atoms with van der Waals surface area (Å²) in [6, 6.07) is 5.61. The Morgan fingerprint density at radius 3 is 2.45 bits per heavy atom. The molecule has 5 nitrogen and oxygen atoms in total. The van der Waals surface area contributed by atoms with Gasteiger partial charge in [0.1, 0.15) is 11.3 Å². The lowest BCUT2D eigenvalue weighted by Gasteiger charge is -2.27. The second-order valence-electron chi connectivity index (χ2n) is 5.80. The fraction of sp³-hybridized carbons (Fsp3) is 0.529. The highest BCUT2D eigenvalue weighted by atomic mass is 16.5. The summed E-state index contributed by atoms with van der Waals surface area (Å²) in [5.41, 5.74) is 1.08. The molecule has 0 saturated heterocycles. The molecule has 0 spiro atoms. The molecule has 1 fully saturated rings. The maximum atomic E-state index is 12.4. The number of nitrogens with one attached hydrogen (secondary N) is 1. The van der Waals surface area contributed by atoms with E-state index in [4.69, 9.17) is 9.47 Å². The maximum Gasteiger partial charge on any atom is 0.331 e. The minimum Gasteiger partial charge on any atom is -0.497 e. The van der Waals surface area contributed by atoms with Crippen molar-refractivity contribution in [3.8, 4) is 5.75 Å². The normalized spacial score (nSPS) is 16.1. The van der Waals surface area contributed by atoms with Crippen LogP contribution in [-0.4, -0.2) is 31.6 Å². The summed E-state index contributed by atoms with van der Waals surface area (Å²) >= 11 is 0. The summed E-state index contributed by atoms with van der Waals surface area (Å²) < 4.78 is 10.0. The van der Waals surface area contributed by atoms with Gasteiger partial charge in [-0.3, -0.25) is 4.79 Å². The fourth-order valence-electron chi connectivity index (χ4n) is 3.03. The van der Waals surface area contributed by atoms with Crippen molar-refractivity contribution >= 4 is 11.9 Å². The van der Waals surface area contributed by atoms with Crippen molar-refractivity contribution in [1.82, 2.24) is 5.32 Å². The zero-order valence-corrected chi connectivity index (χ0v) is 13.4. The van der Waals surface area contributed by atoms with Crippen molar-refractivity contribution in [2.45, 2.75) is 44.6 Å². The van der Waals surface area contributed by atoms with Crippen LogP contribution in [-0.2, 0) is 20.7 Å². The lowest BCUT2D eigenvalue weighted by atomic mass is 9.96. The van der Waals surface area contributed by atoms with Crippen LogP contribution in [0.3, 0.4) is 0 Å². The van der Waals surface area contributed by atoms with E-state index < -0.39 is 5.54 Å². The first kappa shape index (κ1) is 16.3. The van der Waals surface area contributed by atoms with E-state index in [-0.39, 0.29) is 18.3 Å². The van der Waals surface area contributed by atoms with Gasteiger partial charge in [0.05, 0.1) is 20.6 Å². The molecule has 0 aliphatic heterocycles. The molecule has 1 amide bonds. The molecule has 1 N–H and O–H groups in total. The molecule has 0 bridgehead atoms. The van der Waals surface area contributed by atoms with E-state index >= 15 is 0 Å². The van der Waals surface area contributed by atoms with Crippen molar-refractivity contribution in [1.29, 1.82) is 0 Å². The van der Waals surface area contributed by atoms with Gasteiger partial charge in [-0.15, -0.1) is 0 Å². The lowest BCUT2D eigenvalue weighted by molar-refractivity contribution is -0.150. The Labute approximate surface area is 131 Å². The van der Waals surface area contributed by atoms with Gasteiger partial charge in [0.15, 0.2) is 0 Å². The van der Waals surface area contributed by atoms with Crippen molar-refractivity contribution < 1.29 is 19.1 Å². The van der Waals surface area contributed by atoms with Crippen molar-refractivity contribution in [3.63, 3.8) is 0 Å². The topological polar surface area (TPSA) is 64.6 Å². The van der Waals surface area contributed by atoms with Crippen LogP contribution in [0.1, 0.15) is 36.8 Å². The van der Waals surface area contributed by atoms with E-state index in [9.17, 15) is 9.59 Å². The summed E-state index contributed by atoms with van der Waals surface area (Å²) in [4.78, 5) is 24.4. The number of hydrogen-bond donors (Lipinski definition) is 1. The van der Waals surface area contributed by atoms with Gasteiger partial charge in [-0.1, -0.05) is 18.9 Å². The molecule has 1 aromatic carbocycles. The predicted octanol–water partition coefficient (Wildman–Crippen LogP) is 2.15. The van der Waals surface area contributed by atoms with Crippen molar-refractivity contribution in [3.05, 3.63) is 29.3 Å². The highest BCUT2D eigenvalue weighted by Crippen LogP contribution is 2.31. The molecule has 0 radical (unpaired) electrons. The van der Waals surface area contributed by atoms with Crippen LogP contribution in [0.2, 0.25) is 0 Å². The second-order valence-corrected chi connectivity index (χ2v) is 5.80. The van der Waals surface area contributed by atoms with Crippen LogP contribution in [0.15, 0.2) is 18.2 Å². The molecule has 2 rings (SSSR count). The fourth-order valence-corrected chi connectivity index (χ4v) is 3.03. The summed E-state index contributed by atoms with van der Waals surface area (Å²) in [7, 11) is 2.98. The number of ether oxygens (including phenoxy) is 2. The Morgan fingerprint density at radius 2 is 1.91 bits per heavy atom. The SMILES string of the molecule is COC(=O)C1(NC(=O)Cc2ccc(OC)cc2C)CCCC1. The highest BCUT2D eigenvalue weighted by molar-refractivity contribution is 5.89. The number of hydrogen-bond acceptors (Lipinski definition) is 4. The summed E-state index contributed by atoms with van der Waals surface area (Å²) in [5.74, 6) is 0.272. The van der Waals surface area contributed by atoms with Gasteiger partial charge in [0.2, 0.25) is 5.91 Å². The van der Waals surface area contributed by atoms with Crippen LogP contribution < -0.4 is 10.1 Å². The number of amides is 1. The smallest absolute Gasteiger partial charge is 0.331 e. The van der Waals surface area contributed by atoms with E-state index in [0.717, 1.165) is 29.7 Å². The molecular formula is C17H23NO4. The summed E-state index contributed by atoms with van der Waals surface area (Å²) in [5, 5.41) is 2.90. The zero-order valence-electron chi connectivity index (χ0n) is 13.4. The minimum absolute atomic E-state index is 0.152. The first-order valence-corrected chi connectivity index (χ1v) is 7.54. The van der Waals surface area contributed by atoms with Gasteiger partial charge < -0.3 is 14.8 Å². The zero-order chi connectivity index (χ0) is 16.2. The molecule has 1 aromatic rings. The maximum absolute atomic E-state index is 12.4. The molecule has 22 heavy (non-hydrogen) atoms. The molecule has 0 unspecified atom stereocenters. The third kappa shape index (κ3) is 3.40. The number of benzene rings is 1. The molecule has 1 aliphatic rings. The number of methoxy groups -OCH3 is 2. The molecule has 0 aromatic heterocycles. The van der Waals surface area contributed by atoms with E-state index in [2.05, 4.69) is 5.32 Å². The van der Waals surface area contributed by atoms with Gasteiger partial charge in [-0.25, -0.2) is 4.79 Å². The monoisotopic (exact) mass is 305 g/mol. The third-order valence-electron chi connectivity index (χ3n) is 4.31. The molecule has 1 aliphatic carbocycles.